The number of nitrogens with one attached hydrogen (secondary N) is 1. The first-order valence-electron chi connectivity index (χ1n) is 6.38. The molecule has 1 saturated heterocycles. The van der Waals surface area contributed by atoms with Crippen LogP contribution in [0.15, 0.2) is 22.7 Å². The highest BCUT2D eigenvalue weighted by Crippen LogP contribution is 2.43. The summed E-state index contributed by atoms with van der Waals surface area (Å²) in [5, 5.41) is 3.59. The van der Waals surface area contributed by atoms with Gasteiger partial charge in [-0.15, -0.1) is 0 Å². The maximum atomic E-state index is 3.59. The van der Waals surface area contributed by atoms with Crippen LogP contribution in [0.1, 0.15) is 26.7 Å². The third-order valence-electron chi connectivity index (χ3n) is 4.25. The molecule has 1 aromatic rings. The number of anilines is 2. The lowest BCUT2D eigenvalue weighted by Gasteiger charge is -2.51. The Bertz CT molecular complexity index is 442. The highest BCUT2D eigenvalue weighted by Gasteiger charge is 2.40. The second-order valence-corrected chi connectivity index (χ2v) is 6.76. The average Bonchev–Trinajstić information content (AvgIpc) is 2.27. The van der Waals surface area contributed by atoms with Crippen molar-refractivity contribution in [2.24, 2.45) is 5.41 Å². The second kappa shape index (κ2) is 3.91. The minimum atomic E-state index is 0.413. The molecule has 0 spiro atoms. The number of benzene rings is 1. The van der Waals surface area contributed by atoms with Crippen LogP contribution in [-0.4, -0.2) is 19.1 Å². The van der Waals surface area contributed by atoms with Crippen molar-refractivity contribution in [1.82, 2.24) is 0 Å². The fourth-order valence-electron chi connectivity index (χ4n) is 3.23. The molecular formula is C14H19BrN2. The van der Waals surface area contributed by atoms with Crippen LogP contribution < -0.4 is 10.2 Å². The fourth-order valence-corrected chi connectivity index (χ4v) is 3.59. The van der Waals surface area contributed by atoms with Crippen molar-refractivity contribution in [3.8, 4) is 0 Å². The van der Waals surface area contributed by atoms with Crippen LogP contribution in [0.5, 0.6) is 0 Å². The predicted octanol–water partition coefficient (Wildman–Crippen LogP) is 3.87. The van der Waals surface area contributed by atoms with E-state index in [1.807, 2.05) is 0 Å². The number of fused-ring (bicyclic) bond motifs is 3. The summed E-state index contributed by atoms with van der Waals surface area (Å²) in [5.41, 5.74) is 3.06. The van der Waals surface area contributed by atoms with E-state index in [1.54, 1.807) is 0 Å². The molecule has 0 aliphatic carbocycles. The fraction of sp³-hybridized carbons (Fsp3) is 0.571. The van der Waals surface area contributed by atoms with E-state index in [0.717, 1.165) is 11.0 Å². The van der Waals surface area contributed by atoms with Gasteiger partial charge in [0.15, 0.2) is 0 Å². The summed E-state index contributed by atoms with van der Waals surface area (Å²) in [5.74, 6) is 0. The van der Waals surface area contributed by atoms with Gasteiger partial charge < -0.3 is 10.2 Å². The molecule has 2 aliphatic rings. The van der Waals surface area contributed by atoms with Crippen molar-refractivity contribution >= 4 is 27.3 Å². The molecule has 3 rings (SSSR count). The molecule has 0 bridgehead atoms. The SMILES string of the molecule is CC1(C)CCCN2c3ccc(Br)cc3NCC21. The van der Waals surface area contributed by atoms with E-state index >= 15 is 0 Å². The summed E-state index contributed by atoms with van der Waals surface area (Å²) in [7, 11) is 0. The van der Waals surface area contributed by atoms with Gasteiger partial charge in [-0.25, -0.2) is 0 Å². The topological polar surface area (TPSA) is 15.3 Å². The first-order valence-corrected chi connectivity index (χ1v) is 7.17. The van der Waals surface area contributed by atoms with Crippen LogP contribution in [0.2, 0.25) is 0 Å². The molecule has 2 nitrogen and oxygen atoms in total. The number of piperidine rings is 1. The Balaban J connectivity index is 2.01. The van der Waals surface area contributed by atoms with E-state index < -0.39 is 0 Å². The number of hydrogen-bond donors (Lipinski definition) is 1. The molecule has 1 atom stereocenters. The molecule has 0 saturated carbocycles. The standard InChI is InChI=1S/C14H19BrN2/c1-14(2)6-3-7-17-12-5-4-10(15)8-11(12)16-9-13(14)17/h4-5,8,13,16H,3,6-7,9H2,1-2H3. The normalized spacial score (nSPS) is 25.8. The van der Waals surface area contributed by atoms with Crippen molar-refractivity contribution in [3.05, 3.63) is 22.7 Å². The van der Waals surface area contributed by atoms with E-state index in [9.17, 15) is 0 Å². The van der Waals surface area contributed by atoms with E-state index in [-0.39, 0.29) is 0 Å². The molecular weight excluding hydrogens is 276 g/mol. The van der Waals surface area contributed by atoms with Gasteiger partial charge in [-0.1, -0.05) is 29.8 Å². The molecule has 0 radical (unpaired) electrons. The van der Waals surface area contributed by atoms with Gasteiger partial charge in [0.1, 0.15) is 0 Å². The van der Waals surface area contributed by atoms with Crippen molar-refractivity contribution in [1.29, 1.82) is 0 Å². The lowest BCUT2D eigenvalue weighted by Crippen LogP contribution is -2.55. The van der Waals surface area contributed by atoms with Gasteiger partial charge in [0, 0.05) is 17.6 Å². The number of nitrogens with zero attached hydrogens (tertiary/aromatic N) is 1. The van der Waals surface area contributed by atoms with Crippen molar-refractivity contribution in [2.75, 3.05) is 23.3 Å². The highest BCUT2D eigenvalue weighted by atomic mass is 79.9. The Morgan fingerprint density at radius 2 is 2.24 bits per heavy atom. The Hall–Kier alpha value is -0.700. The molecule has 0 amide bonds. The van der Waals surface area contributed by atoms with Gasteiger partial charge in [-0.2, -0.15) is 0 Å². The summed E-state index contributed by atoms with van der Waals surface area (Å²) in [6, 6.07) is 7.20. The van der Waals surface area contributed by atoms with Crippen LogP contribution in [0, 0.1) is 5.41 Å². The average molecular weight is 295 g/mol. The zero-order chi connectivity index (χ0) is 12.0. The van der Waals surface area contributed by atoms with Crippen molar-refractivity contribution in [2.45, 2.75) is 32.7 Å². The lowest BCUT2D eigenvalue weighted by molar-refractivity contribution is 0.217. The van der Waals surface area contributed by atoms with Crippen LogP contribution >= 0.6 is 15.9 Å². The van der Waals surface area contributed by atoms with Gasteiger partial charge in [0.25, 0.3) is 0 Å². The van der Waals surface area contributed by atoms with Gasteiger partial charge >= 0.3 is 0 Å². The van der Waals surface area contributed by atoms with E-state index in [0.29, 0.717) is 11.5 Å². The third kappa shape index (κ3) is 1.85. The smallest absolute Gasteiger partial charge is 0.0606 e. The summed E-state index contributed by atoms with van der Waals surface area (Å²) in [6.45, 7) is 7.06. The maximum absolute atomic E-state index is 3.59. The van der Waals surface area contributed by atoms with Crippen LogP contribution in [-0.2, 0) is 0 Å². The monoisotopic (exact) mass is 294 g/mol. The molecule has 1 N–H and O–H groups in total. The van der Waals surface area contributed by atoms with Gasteiger partial charge in [0.05, 0.1) is 17.4 Å². The minimum Gasteiger partial charge on any atom is -0.381 e. The summed E-state index contributed by atoms with van der Waals surface area (Å²) in [4.78, 5) is 2.60. The lowest BCUT2D eigenvalue weighted by atomic mass is 9.75. The molecule has 17 heavy (non-hydrogen) atoms. The van der Waals surface area contributed by atoms with Crippen LogP contribution in [0.4, 0.5) is 11.4 Å². The van der Waals surface area contributed by atoms with E-state index in [4.69, 9.17) is 0 Å². The van der Waals surface area contributed by atoms with Gasteiger partial charge in [-0.05, 0) is 36.5 Å². The van der Waals surface area contributed by atoms with Crippen LogP contribution in [0.3, 0.4) is 0 Å². The maximum Gasteiger partial charge on any atom is 0.0606 e. The number of rotatable bonds is 0. The van der Waals surface area contributed by atoms with Crippen LogP contribution in [0.25, 0.3) is 0 Å². The van der Waals surface area contributed by atoms with E-state index in [2.05, 4.69) is 58.2 Å². The van der Waals surface area contributed by atoms with Crippen molar-refractivity contribution in [3.63, 3.8) is 0 Å². The predicted molar refractivity (Wildman–Crippen MR) is 76.8 cm³/mol. The molecule has 92 valence electrons. The first-order chi connectivity index (χ1) is 8.08. The molecule has 2 heterocycles. The number of hydrogen-bond acceptors (Lipinski definition) is 2. The molecule has 2 aliphatic heterocycles. The zero-order valence-electron chi connectivity index (χ0n) is 10.5. The first kappa shape index (κ1) is 11.4. The Kier molecular flexibility index (Phi) is 2.62. The Morgan fingerprint density at radius 1 is 1.41 bits per heavy atom. The molecule has 0 aromatic heterocycles. The quantitative estimate of drug-likeness (QED) is 0.781. The highest BCUT2D eigenvalue weighted by molar-refractivity contribution is 9.10. The third-order valence-corrected chi connectivity index (χ3v) is 4.75. The molecule has 1 fully saturated rings. The summed E-state index contributed by atoms with van der Waals surface area (Å²) >= 11 is 3.54. The second-order valence-electron chi connectivity index (χ2n) is 5.84. The van der Waals surface area contributed by atoms with Gasteiger partial charge in [-0.3, -0.25) is 0 Å². The zero-order valence-corrected chi connectivity index (χ0v) is 12.0. The number of halogens is 1. The largest absolute Gasteiger partial charge is 0.381 e. The Labute approximate surface area is 112 Å². The minimum absolute atomic E-state index is 0.413. The molecule has 3 heteroatoms. The molecule has 1 unspecified atom stereocenters. The van der Waals surface area contributed by atoms with E-state index in [1.165, 1.54) is 30.8 Å². The Morgan fingerprint density at radius 3 is 3.06 bits per heavy atom. The van der Waals surface area contributed by atoms with Gasteiger partial charge in [0.2, 0.25) is 0 Å². The summed E-state index contributed by atoms with van der Waals surface area (Å²) in [6.07, 6.45) is 2.64. The summed E-state index contributed by atoms with van der Waals surface area (Å²) < 4.78 is 1.15. The molecule has 1 aromatic carbocycles. The van der Waals surface area contributed by atoms with Crippen molar-refractivity contribution < 1.29 is 0 Å².